The quantitative estimate of drug-likeness (QED) is 0.582. The number of thioether (sulfide) groups is 1. The van der Waals surface area contributed by atoms with E-state index in [1.807, 2.05) is 47.9 Å². The molecule has 4 rings (SSSR count). The van der Waals surface area contributed by atoms with Crippen molar-refractivity contribution in [1.82, 2.24) is 4.57 Å². The maximum atomic E-state index is 12.9. The highest BCUT2D eigenvalue weighted by atomic mass is 32.2. The average Bonchev–Trinajstić information content (AvgIpc) is 3.16. The van der Waals surface area contributed by atoms with Gasteiger partial charge in [0.05, 0.1) is 17.9 Å². The number of anilines is 1. The first-order valence-electron chi connectivity index (χ1n) is 9.88. The van der Waals surface area contributed by atoms with Crippen LogP contribution >= 0.6 is 11.8 Å². The highest BCUT2D eigenvalue weighted by molar-refractivity contribution is 8.00. The number of aromatic nitrogens is 1. The van der Waals surface area contributed by atoms with E-state index in [2.05, 4.69) is 0 Å². The normalized spacial score (nSPS) is 16.3. The molecule has 2 heterocycles. The maximum absolute atomic E-state index is 12.9. The maximum Gasteiger partial charge on any atom is 0.343 e. The van der Waals surface area contributed by atoms with Crippen LogP contribution in [-0.2, 0) is 16.1 Å². The molecule has 0 bridgehead atoms. The highest BCUT2D eigenvalue weighted by Gasteiger charge is 2.34. The Kier molecular flexibility index (Phi) is 5.63. The molecule has 154 valence electrons. The van der Waals surface area contributed by atoms with E-state index in [0.29, 0.717) is 23.2 Å². The van der Waals surface area contributed by atoms with Crippen molar-refractivity contribution in [1.29, 1.82) is 0 Å². The first kappa shape index (κ1) is 20.2. The van der Waals surface area contributed by atoms with Crippen molar-refractivity contribution in [3.63, 3.8) is 0 Å². The minimum Gasteiger partial charge on any atom is -0.462 e. The van der Waals surface area contributed by atoms with E-state index in [-0.39, 0.29) is 28.9 Å². The molecule has 0 saturated carbocycles. The van der Waals surface area contributed by atoms with Crippen molar-refractivity contribution >= 4 is 40.2 Å². The van der Waals surface area contributed by atoms with E-state index in [4.69, 9.17) is 4.74 Å². The van der Waals surface area contributed by atoms with E-state index < -0.39 is 5.97 Å². The van der Waals surface area contributed by atoms with Crippen molar-refractivity contribution in [3.8, 4) is 0 Å². The Morgan fingerprint density at radius 1 is 1.13 bits per heavy atom. The van der Waals surface area contributed by atoms with Crippen LogP contribution in [0.15, 0.2) is 59.5 Å². The second-order valence-corrected chi connectivity index (χ2v) is 7.99. The molecule has 3 aromatic rings. The number of carbonyl (C=O) groups is 2. The summed E-state index contributed by atoms with van der Waals surface area (Å²) in [7, 11) is 0. The van der Waals surface area contributed by atoms with Crippen molar-refractivity contribution in [3.05, 3.63) is 76.1 Å². The number of aryl methyl sites for hydroxylation is 1. The lowest BCUT2D eigenvalue weighted by Gasteiger charge is -2.25. The zero-order chi connectivity index (χ0) is 21.3. The van der Waals surface area contributed by atoms with Crippen LogP contribution in [0.1, 0.15) is 35.1 Å². The number of pyridine rings is 1. The fourth-order valence-electron chi connectivity index (χ4n) is 3.71. The van der Waals surface area contributed by atoms with Crippen LogP contribution in [0.25, 0.3) is 10.9 Å². The highest BCUT2D eigenvalue weighted by Crippen LogP contribution is 2.42. The number of fused-ring (bicyclic) bond motifs is 1. The van der Waals surface area contributed by atoms with Gasteiger partial charge in [0.15, 0.2) is 0 Å². The monoisotopic (exact) mass is 422 g/mol. The molecule has 1 aliphatic rings. The van der Waals surface area contributed by atoms with Gasteiger partial charge < -0.3 is 9.30 Å². The van der Waals surface area contributed by atoms with E-state index in [9.17, 15) is 14.4 Å². The van der Waals surface area contributed by atoms with Crippen LogP contribution in [0, 0.1) is 0 Å². The molecule has 0 spiro atoms. The molecule has 30 heavy (non-hydrogen) atoms. The number of esters is 1. The molecule has 0 aliphatic carbocycles. The molecule has 0 N–H and O–H groups in total. The number of rotatable bonds is 5. The van der Waals surface area contributed by atoms with Gasteiger partial charge in [-0.05, 0) is 37.6 Å². The zero-order valence-electron chi connectivity index (χ0n) is 16.8. The fraction of sp³-hybridized carbons (Fsp3) is 0.261. The van der Waals surface area contributed by atoms with Gasteiger partial charge in [0.2, 0.25) is 11.3 Å². The third kappa shape index (κ3) is 3.50. The first-order valence-corrected chi connectivity index (χ1v) is 10.9. The van der Waals surface area contributed by atoms with Gasteiger partial charge in [0.1, 0.15) is 10.9 Å². The summed E-state index contributed by atoms with van der Waals surface area (Å²) in [6, 6.07) is 15.2. The number of amides is 1. The summed E-state index contributed by atoms with van der Waals surface area (Å²) >= 11 is 1.58. The minimum atomic E-state index is -0.620. The number of hydrogen-bond acceptors (Lipinski definition) is 5. The van der Waals surface area contributed by atoms with Gasteiger partial charge in [-0.1, -0.05) is 30.3 Å². The Morgan fingerprint density at radius 3 is 2.60 bits per heavy atom. The lowest BCUT2D eigenvalue weighted by molar-refractivity contribution is -0.115. The molecule has 1 aromatic heterocycles. The lowest BCUT2D eigenvalue weighted by atomic mass is 10.1. The number of hydrogen-bond donors (Lipinski definition) is 0. The average molecular weight is 423 g/mol. The molecule has 2 aromatic carbocycles. The summed E-state index contributed by atoms with van der Waals surface area (Å²) in [5.41, 5.74) is 2.13. The van der Waals surface area contributed by atoms with Crippen LogP contribution in [0.2, 0.25) is 0 Å². The first-order chi connectivity index (χ1) is 14.5. The van der Waals surface area contributed by atoms with Gasteiger partial charge in [-0.25, -0.2) is 4.79 Å². The van der Waals surface area contributed by atoms with E-state index in [1.165, 1.54) is 0 Å². The summed E-state index contributed by atoms with van der Waals surface area (Å²) in [6.07, 6.45) is 1.54. The van der Waals surface area contributed by atoms with E-state index in [1.54, 1.807) is 41.9 Å². The summed E-state index contributed by atoms with van der Waals surface area (Å²) < 4.78 is 6.88. The number of carbonyl (C=O) groups excluding carboxylic acids is 2. The summed E-state index contributed by atoms with van der Waals surface area (Å²) in [5, 5.41) is 0.318. The number of benzene rings is 2. The van der Waals surface area contributed by atoms with Gasteiger partial charge in [0.25, 0.3) is 0 Å². The Hall–Kier alpha value is -3.06. The summed E-state index contributed by atoms with van der Waals surface area (Å²) in [6.45, 7) is 4.42. The molecule has 1 amide bonds. The molecule has 1 fully saturated rings. The van der Waals surface area contributed by atoms with E-state index in [0.717, 1.165) is 11.3 Å². The van der Waals surface area contributed by atoms with Crippen molar-refractivity contribution in [2.24, 2.45) is 0 Å². The second-order valence-electron chi connectivity index (χ2n) is 6.92. The topological polar surface area (TPSA) is 68.6 Å². The standard InChI is InChI=1S/C23H22N2O4S/c1-3-24-13-18(23(28)29-4-2)21(27)17-11-10-16(12-19(17)24)25-20(26)14-30-22(25)15-8-6-5-7-9-15/h5-13,22H,3-4,14H2,1-2H3. The molecule has 6 nitrogen and oxygen atoms in total. The summed E-state index contributed by atoms with van der Waals surface area (Å²) in [5.74, 6) is -0.187. The third-order valence-electron chi connectivity index (χ3n) is 5.13. The van der Waals surface area contributed by atoms with Gasteiger partial charge in [-0.3, -0.25) is 14.5 Å². The predicted octanol–water partition coefficient (Wildman–Crippen LogP) is 3.98. The molecule has 0 radical (unpaired) electrons. The van der Waals surface area contributed by atoms with Crippen molar-refractivity contribution in [2.45, 2.75) is 25.8 Å². The van der Waals surface area contributed by atoms with Crippen LogP contribution in [-0.4, -0.2) is 28.8 Å². The third-order valence-corrected chi connectivity index (χ3v) is 6.34. The second kappa shape index (κ2) is 8.36. The van der Waals surface area contributed by atoms with E-state index >= 15 is 0 Å². The number of ether oxygens (including phenoxy) is 1. The molecule has 1 unspecified atom stereocenters. The SMILES string of the molecule is CCOC(=O)c1cn(CC)c2cc(N3C(=O)CSC3c3ccccc3)ccc2c1=O. The van der Waals surface area contributed by atoms with Crippen LogP contribution in [0.4, 0.5) is 5.69 Å². The Bertz CT molecular complexity index is 1170. The smallest absolute Gasteiger partial charge is 0.343 e. The summed E-state index contributed by atoms with van der Waals surface area (Å²) in [4.78, 5) is 39.6. The number of nitrogens with zero attached hydrogens (tertiary/aromatic N) is 2. The fourth-order valence-corrected chi connectivity index (χ4v) is 4.89. The van der Waals surface area contributed by atoms with Crippen LogP contribution in [0.5, 0.6) is 0 Å². The Labute approximate surface area is 178 Å². The largest absolute Gasteiger partial charge is 0.462 e. The minimum absolute atomic E-state index is 0.0221. The van der Waals surface area contributed by atoms with Crippen molar-refractivity contribution in [2.75, 3.05) is 17.3 Å². The van der Waals surface area contributed by atoms with Crippen LogP contribution < -0.4 is 10.3 Å². The Morgan fingerprint density at radius 2 is 1.90 bits per heavy atom. The zero-order valence-corrected chi connectivity index (χ0v) is 17.6. The molecule has 7 heteroatoms. The van der Waals surface area contributed by atoms with Gasteiger partial charge >= 0.3 is 5.97 Å². The molecular formula is C23H22N2O4S. The van der Waals surface area contributed by atoms with Gasteiger partial charge in [0, 0.05) is 23.8 Å². The molecular weight excluding hydrogens is 400 g/mol. The Balaban J connectivity index is 1.83. The molecule has 1 atom stereocenters. The van der Waals surface area contributed by atoms with Crippen LogP contribution in [0.3, 0.4) is 0 Å². The predicted molar refractivity (Wildman–Crippen MR) is 119 cm³/mol. The van der Waals surface area contributed by atoms with Gasteiger partial charge in [-0.2, -0.15) is 0 Å². The lowest BCUT2D eigenvalue weighted by Crippen LogP contribution is -2.28. The van der Waals surface area contributed by atoms with Crippen molar-refractivity contribution < 1.29 is 14.3 Å². The molecule has 1 aliphatic heterocycles. The van der Waals surface area contributed by atoms with Gasteiger partial charge in [-0.15, -0.1) is 11.8 Å². The molecule has 1 saturated heterocycles.